The predicted molar refractivity (Wildman–Crippen MR) is 129 cm³/mol. The third kappa shape index (κ3) is 7.33. The lowest BCUT2D eigenvalue weighted by Gasteiger charge is -2.18. The van der Waals surface area contributed by atoms with Gasteiger partial charge >= 0.3 is 5.97 Å². The maximum absolute atomic E-state index is 12.7. The lowest BCUT2D eigenvalue weighted by Crippen LogP contribution is -2.51. The quantitative estimate of drug-likeness (QED) is 0.286. The van der Waals surface area contributed by atoms with Crippen molar-refractivity contribution in [2.24, 2.45) is 0 Å². The fourth-order valence-electron chi connectivity index (χ4n) is 3.30. The highest BCUT2D eigenvalue weighted by molar-refractivity contribution is 6.39. The first kappa shape index (κ1) is 26.8. The molecule has 2 heterocycles. The average molecular weight is 537 g/mol. The van der Waals surface area contributed by atoms with Gasteiger partial charge in [0, 0.05) is 25.6 Å². The summed E-state index contributed by atoms with van der Waals surface area (Å²) < 4.78 is 5.10. The van der Waals surface area contributed by atoms with Crippen molar-refractivity contribution in [3.63, 3.8) is 0 Å². The van der Waals surface area contributed by atoms with Gasteiger partial charge in [-0.05, 0) is 42.3 Å². The number of benzene rings is 1. The molecular weight excluding hydrogens is 515 g/mol. The van der Waals surface area contributed by atoms with E-state index in [2.05, 4.69) is 21.3 Å². The molecule has 3 rings (SSSR count). The second-order valence-electron chi connectivity index (χ2n) is 7.77. The number of carbonyl (C=O) groups is 5. The minimum Gasteiger partial charge on any atom is -0.480 e. The molecule has 2 aromatic rings. The molecule has 11 nitrogen and oxygen atoms in total. The number of nitrogens with one attached hydrogen (secondary N) is 4. The normalized spacial score (nSPS) is 15.8. The molecule has 1 aliphatic rings. The number of hydrogen-bond acceptors (Lipinski definition) is 6. The second kappa shape index (κ2) is 12.2. The molecular formula is C23H22Cl2N4O7. The molecule has 190 valence electrons. The fraction of sp³-hybridized carbons (Fsp3) is 0.261. The molecule has 0 aliphatic carbocycles. The van der Waals surface area contributed by atoms with Gasteiger partial charge in [-0.3, -0.25) is 19.2 Å². The molecule has 1 aliphatic heterocycles. The molecule has 0 spiro atoms. The van der Waals surface area contributed by atoms with E-state index in [1.54, 1.807) is 12.1 Å². The van der Waals surface area contributed by atoms with Crippen LogP contribution in [0.5, 0.6) is 0 Å². The van der Waals surface area contributed by atoms with Crippen LogP contribution in [0.3, 0.4) is 0 Å². The number of carboxylic acid groups (broad SMARTS) is 1. The Morgan fingerprint density at radius 2 is 1.92 bits per heavy atom. The van der Waals surface area contributed by atoms with Crippen LogP contribution in [0.4, 0.5) is 0 Å². The fourth-order valence-corrected chi connectivity index (χ4v) is 4.01. The molecule has 2 atom stereocenters. The van der Waals surface area contributed by atoms with Crippen LogP contribution in [-0.4, -0.2) is 53.3 Å². The second-order valence-corrected chi connectivity index (χ2v) is 8.58. The van der Waals surface area contributed by atoms with Crippen molar-refractivity contribution in [2.45, 2.75) is 31.5 Å². The minimum absolute atomic E-state index is 0.0581. The van der Waals surface area contributed by atoms with Gasteiger partial charge in [-0.25, -0.2) is 4.79 Å². The van der Waals surface area contributed by atoms with Crippen LogP contribution in [0.2, 0.25) is 10.0 Å². The van der Waals surface area contributed by atoms with E-state index in [9.17, 15) is 29.1 Å². The van der Waals surface area contributed by atoms with Gasteiger partial charge in [-0.15, -0.1) is 0 Å². The van der Waals surface area contributed by atoms with Gasteiger partial charge in [-0.1, -0.05) is 23.2 Å². The zero-order valence-corrected chi connectivity index (χ0v) is 20.2. The number of carbonyl (C=O) groups excluding carboxylic acids is 4. The van der Waals surface area contributed by atoms with E-state index in [1.165, 1.54) is 30.5 Å². The van der Waals surface area contributed by atoms with E-state index in [1.807, 2.05) is 0 Å². The number of amides is 4. The van der Waals surface area contributed by atoms with E-state index in [0.29, 0.717) is 17.7 Å². The van der Waals surface area contributed by atoms with Gasteiger partial charge in [0.05, 0.1) is 21.9 Å². The number of carboxylic acids is 1. The molecule has 0 radical (unpaired) electrons. The monoisotopic (exact) mass is 536 g/mol. The third-order valence-corrected chi connectivity index (χ3v) is 5.73. The summed E-state index contributed by atoms with van der Waals surface area (Å²) in [5, 5.41) is 19.1. The first-order valence-electron chi connectivity index (χ1n) is 10.7. The van der Waals surface area contributed by atoms with Crippen molar-refractivity contribution >= 4 is 58.9 Å². The maximum Gasteiger partial charge on any atom is 0.328 e. The van der Waals surface area contributed by atoms with Crippen LogP contribution in [0.15, 0.2) is 41.0 Å². The smallest absolute Gasteiger partial charge is 0.328 e. The summed E-state index contributed by atoms with van der Waals surface area (Å²) in [7, 11) is 0. The Labute approximate surface area is 215 Å². The maximum atomic E-state index is 12.7. The predicted octanol–water partition coefficient (Wildman–Crippen LogP) is 1.49. The Balaban J connectivity index is 1.58. The van der Waals surface area contributed by atoms with Gasteiger partial charge in [-0.2, -0.15) is 0 Å². The van der Waals surface area contributed by atoms with Gasteiger partial charge in [0.2, 0.25) is 17.7 Å². The standard InChI is InChI=1S/C23H22Cl2N4O7/c24-14-8-12(10-26-18(30)5-3-13-2-1-7-36-13)9-15(25)20(14)22(33)29-17(23(34)35)11-27-21(32)16-4-6-19(31)28-16/h1-3,5,7-9,16-17H,4,6,10-11H2,(H,26,30)(H,27,32)(H,28,31)(H,29,33)(H,34,35)/t16-,17+/m1/s1. The zero-order valence-electron chi connectivity index (χ0n) is 18.7. The lowest BCUT2D eigenvalue weighted by atomic mass is 10.1. The van der Waals surface area contributed by atoms with Crippen LogP contribution < -0.4 is 21.3 Å². The summed E-state index contributed by atoms with van der Waals surface area (Å²) in [4.78, 5) is 59.7. The number of rotatable bonds is 10. The van der Waals surface area contributed by atoms with Crippen molar-refractivity contribution in [3.8, 4) is 0 Å². The molecule has 1 aromatic carbocycles. The summed E-state index contributed by atoms with van der Waals surface area (Å²) in [6.45, 7) is -0.360. The summed E-state index contributed by atoms with van der Waals surface area (Å²) in [5.41, 5.74) is 0.341. The van der Waals surface area contributed by atoms with E-state index in [0.717, 1.165) is 0 Å². The van der Waals surface area contributed by atoms with Crippen LogP contribution in [0.25, 0.3) is 6.08 Å². The summed E-state index contributed by atoms with van der Waals surface area (Å²) in [5.74, 6) is -2.97. The van der Waals surface area contributed by atoms with Gasteiger partial charge < -0.3 is 30.8 Å². The Bertz CT molecular complexity index is 1170. The van der Waals surface area contributed by atoms with Crippen molar-refractivity contribution in [2.75, 3.05) is 6.54 Å². The third-order valence-electron chi connectivity index (χ3n) is 5.13. The first-order chi connectivity index (χ1) is 17.1. The number of hydrogen-bond donors (Lipinski definition) is 5. The minimum atomic E-state index is -1.48. The molecule has 0 unspecified atom stereocenters. The van der Waals surface area contributed by atoms with Crippen molar-refractivity contribution in [3.05, 3.63) is 63.5 Å². The van der Waals surface area contributed by atoms with Gasteiger partial charge in [0.25, 0.3) is 5.91 Å². The largest absolute Gasteiger partial charge is 0.480 e. The highest BCUT2D eigenvalue weighted by Crippen LogP contribution is 2.27. The summed E-state index contributed by atoms with van der Waals surface area (Å²) >= 11 is 12.4. The summed E-state index contributed by atoms with van der Waals surface area (Å²) in [6.07, 6.45) is 4.76. The number of halogens is 2. The summed E-state index contributed by atoms with van der Waals surface area (Å²) in [6, 6.07) is 3.97. The van der Waals surface area contributed by atoms with Crippen molar-refractivity contribution in [1.29, 1.82) is 0 Å². The molecule has 0 bridgehead atoms. The molecule has 36 heavy (non-hydrogen) atoms. The topological polar surface area (TPSA) is 167 Å². The van der Waals surface area contributed by atoms with Crippen LogP contribution >= 0.6 is 23.2 Å². The van der Waals surface area contributed by atoms with E-state index in [-0.39, 0.29) is 34.5 Å². The Kier molecular flexibility index (Phi) is 9.09. The average Bonchev–Trinajstić information content (AvgIpc) is 3.50. The number of furan rings is 1. The Hall–Kier alpha value is -3.83. The van der Waals surface area contributed by atoms with Gasteiger partial charge in [0.1, 0.15) is 17.8 Å². The van der Waals surface area contributed by atoms with E-state index < -0.39 is 42.3 Å². The van der Waals surface area contributed by atoms with Crippen LogP contribution in [0.1, 0.15) is 34.5 Å². The SMILES string of the molecule is O=C(C=Cc1ccco1)NCc1cc(Cl)c(C(=O)N[C@@H](CNC(=O)[C@H]2CCC(=O)N2)C(=O)O)c(Cl)c1. The van der Waals surface area contributed by atoms with E-state index >= 15 is 0 Å². The molecule has 4 amide bonds. The van der Waals surface area contributed by atoms with Crippen molar-refractivity contribution < 1.29 is 33.5 Å². The molecule has 0 saturated carbocycles. The van der Waals surface area contributed by atoms with Crippen molar-refractivity contribution in [1.82, 2.24) is 21.3 Å². The highest BCUT2D eigenvalue weighted by Gasteiger charge is 2.29. The van der Waals surface area contributed by atoms with Crippen LogP contribution in [-0.2, 0) is 25.7 Å². The molecule has 5 N–H and O–H groups in total. The van der Waals surface area contributed by atoms with Gasteiger partial charge in [0.15, 0.2) is 0 Å². The first-order valence-corrected chi connectivity index (χ1v) is 11.5. The van der Waals surface area contributed by atoms with E-state index in [4.69, 9.17) is 27.6 Å². The molecule has 1 aromatic heterocycles. The van der Waals surface area contributed by atoms with Crippen LogP contribution in [0, 0.1) is 0 Å². The highest BCUT2D eigenvalue weighted by atomic mass is 35.5. The Morgan fingerprint density at radius 3 is 2.50 bits per heavy atom. The zero-order chi connectivity index (χ0) is 26.2. The molecule has 1 fully saturated rings. The lowest BCUT2D eigenvalue weighted by molar-refractivity contribution is -0.139. The number of aliphatic carboxylic acids is 1. The molecule has 1 saturated heterocycles. The Morgan fingerprint density at radius 1 is 1.19 bits per heavy atom. The molecule has 13 heteroatoms.